The van der Waals surface area contributed by atoms with Crippen LogP contribution in [-0.2, 0) is 11.2 Å². The zero-order valence-corrected chi connectivity index (χ0v) is 15.6. The van der Waals surface area contributed by atoms with Gasteiger partial charge < -0.3 is 19.2 Å². The monoisotopic (exact) mass is 368 g/mol. The van der Waals surface area contributed by atoms with E-state index in [0.717, 1.165) is 13.1 Å². The summed E-state index contributed by atoms with van der Waals surface area (Å²) in [4.78, 5) is 18.5. The second kappa shape index (κ2) is 9.02. The number of anilines is 1. The Balaban J connectivity index is 1.42. The second-order valence-electron chi connectivity index (χ2n) is 6.26. The third kappa shape index (κ3) is 5.20. The number of hydrogen-bond acceptors (Lipinski definition) is 6. The van der Waals surface area contributed by atoms with Crippen LogP contribution in [0, 0.1) is 6.92 Å². The van der Waals surface area contributed by atoms with E-state index >= 15 is 0 Å². The zero-order chi connectivity index (χ0) is 19.1. The van der Waals surface area contributed by atoms with Crippen LogP contribution in [0.25, 0.3) is 11.6 Å². The van der Waals surface area contributed by atoms with Crippen LogP contribution in [0.3, 0.4) is 0 Å². The predicted molar refractivity (Wildman–Crippen MR) is 102 cm³/mol. The number of rotatable bonds is 9. The van der Waals surface area contributed by atoms with E-state index in [1.54, 1.807) is 18.4 Å². The van der Waals surface area contributed by atoms with Crippen LogP contribution in [0.1, 0.15) is 24.8 Å². The highest BCUT2D eigenvalue weighted by atomic mass is 16.5. The molecule has 1 aromatic carbocycles. The fourth-order valence-corrected chi connectivity index (χ4v) is 2.80. The van der Waals surface area contributed by atoms with E-state index in [9.17, 15) is 4.79 Å². The van der Waals surface area contributed by atoms with Crippen molar-refractivity contribution in [3.8, 4) is 11.6 Å². The minimum Gasteiger partial charge on any atom is -0.461 e. The van der Waals surface area contributed by atoms with Gasteiger partial charge in [0.05, 0.1) is 6.26 Å². The molecule has 0 aliphatic rings. The summed E-state index contributed by atoms with van der Waals surface area (Å²) in [5.74, 6) is 1.33. The van der Waals surface area contributed by atoms with E-state index in [1.807, 2.05) is 6.07 Å². The van der Waals surface area contributed by atoms with E-state index in [4.69, 9.17) is 8.94 Å². The molecule has 0 saturated heterocycles. The van der Waals surface area contributed by atoms with Crippen LogP contribution in [0.15, 0.2) is 51.6 Å². The van der Waals surface area contributed by atoms with Gasteiger partial charge in [0.2, 0.25) is 17.6 Å². The maximum atomic E-state index is 12.1. The highest BCUT2D eigenvalue weighted by Gasteiger charge is 2.12. The van der Waals surface area contributed by atoms with Crippen molar-refractivity contribution in [2.45, 2.75) is 26.7 Å². The zero-order valence-electron chi connectivity index (χ0n) is 15.6. The average Bonchev–Trinajstić information content (AvgIpc) is 3.35. The summed E-state index contributed by atoms with van der Waals surface area (Å²) in [7, 11) is 0. The molecule has 2 heterocycles. The first-order valence-corrected chi connectivity index (χ1v) is 9.10. The largest absolute Gasteiger partial charge is 0.461 e. The number of amides is 1. The quantitative estimate of drug-likeness (QED) is 0.624. The molecule has 27 heavy (non-hydrogen) atoms. The van der Waals surface area contributed by atoms with Crippen molar-refractivity contribution in [2.75, 3.05) is 24.5 Å². The smallest absolute Gasteiger partial charge is 0.238 e. The highest BCUT2D eigenvalue weighted by molar-refractivity contribution is 5.76. The fraction of sp³-hybridized carbons (Fsp3) is 0.350. The molecule has 3 rings (SSSR count). The third-order valence-corrected chi connectivity index (χ3v) is 4.23. The number of benzene rings is 1. The molecule has 0 bridgehead atoms. The third-order valence-electron chi connectivity index (χ3n) is 4.23. The first-order chi connectivity index (χ1) is 13.2. The molecule has 1 amide bonds. The number of furan rings is 1. The Kier molecular flexibility index (Phi) is 6.25. The first kappa shape index (κ1) is 18.7. The molecule has 0 radical (unpaired) electrons. The van der Waals surface area contributed by atoms with Crippen molar-refractivity contribution < 1.29 is 13.7 Å². The lowest BCUT2D eigenvalue weighted by Crippen LogP contribution is -2.35. The SMILES string of the molecule is CCN(CCNC(=O)CCc1nc(-c2ccco2)no1)c1cccc(C)c1. The molecule has 0 fully saturated rings. The predicted octanol–water partition coefficient (Wildman–Crippen LogP) is 3.21. The van der Waals surface area contributed by atoms with E-state index in [-0.39, 0.29) is 5.91 Å². The van der Waals surface area contributed by atoms with Gasteiger partial charge in [0.15, 0.2) is 5.76 Å². The van der Waals surface area contributed by atoms with E-state index in [2.05, 4.69) is 52.4 Å². The molecule has 0 atom stereocenters. The molecule has 1 N–H and O–H groups in total. The van der Waals surface area contributed by atoms with E-state index < -0.39 is 0 Å². The molecule has 0 unspecified atom stereocenters. The van der Waals surface area contributed by atoms with Crippen LogP contribution in [0.5, 0.6) is 0 Å². The Morgan fingerprint density at radius 2 is 2.15 bits per heavy atom. The van der Waals surface area contributed by atoms with Crippen molar-refractivity contribution in [3.63, 3.8) is 0 Å². The topological polar surface area (TPSA) is 84.4 Å². The number of carbonyl (C=O) groups excluding carboxylic acids is 1. The van der Waals surface area contributed by atoms with Gasteiger partial charge in [-0.15, -0.1) is 0 Å². The van der Waals surface area contributed by atoms with Crippen molar-refractivity contribution in [1.29, 1.82) is 0 Å². The number of aryl methyl sites for hydroxylation is 2. The van der Waals surface area contributed by atoms with Gasteiger partial charge in [-0.3, -0.25) is 4.79 Å². The summed E-state index contributed by atoms with van der Waals surface area (Å²) >= 11 is 0. The summed E-state index contributed by atoms with van der Waals surface area (Å²) in [5.41, 5.74) is 2.39. The van der Waals surface area contributed by atoms with Crippen LogP contribution >= 0.6 is 0 Å². The Hall–Kier alpha value is -3.09. The van der Waals surface area contributed by atoms with Crippen molar-refractivity contribution >= 4 is 11.6 Å². The van der Waals surface area contributed by atoms with Crippen molar-refractivity contribution in [2.24, 2.45) is 0 Å². The molecule has 2 aromatic heterocycles. The normalized spacial score (nSPS) is 10.7. The van der Waals surface area contributed by atoms with Crippen LogP contribution in [0.2, 0.25) is 0 Å². The molecule has 0 saturated carbocycles. The van der Waals surface area contributed by atoms with E-state index in [0.29, 0.717) is 36.9 Å². The number of nitrogens with zero attached hydrogens (tertiary/aromatic N) is 3. The minimum atomic E-state index is -0.0342. The van der Waals surface area contributed by atoms with Gasteiger partial charge in [0.1, 0.15) is 0 Å². The Morgan fingerprint density at radius 1 is 1.26 bits per heavy atom. The van der Waals surface area contributed by atoms with Crippen LogP contribution < -0.4 is 10.2 Å². The number of carbonyl (C=O) groups is 1. The molecule has 0 spiro atoms. The van der Waals surface area contributed by atoms with Gasteiger partial charge in [-0.2, -0.15) is 4.98 Å². The molecule has 0 aliphatic carbocycles. The number of hydrogen-bond donors (Lipinski definition) is 1. The Morgan fingerprint density at radius 3 is 2.89 bits per heavy atom. The lowest BCUT2D eigenvalue weighted by atomic mass is 10.2. The van der Waals surface area contributed by atoms with E-state index in [1.165, 1.54) is 11.3 Å². The van der Waals surface area contributed by atoms with Crippen molar-refractivity contribution in [3.05, 3.63) is 54.1 Å². The standard InChI is InChI=1S/C20H24N4O3/c1-3-24(16-7-4-6-15(2)14-16)12-11-21-18(25)9-10-19-22-20(23-27-19)17-8-5-13-26-17/h4-8,13-14H,3,9-12H2,1-2H3,(H,21,25). The fourth-order valence-electron chi connectivity index (χ4n) is 2.80. The summed E-state index contributed by atoms with van der Waals surface area (Å²) in [6, 6.07) is 11.9. The molecule has 7 nitrogen and oxygen atoms in total. The van der Waals surface area contributed by atoms with Gasteiger partial charge in [-0.05, 0) is 43.7 Å². The summed E-state index contributed by atoms with van der Waals surface area (Å²) in [6.07, 6.45) is 2.25. The number of aromatic nitrogens is 2. The van der Waals surface area contributed by atoms with Gasteiger partial charge in [-0.25, -0.2) is 0 Å². The second-order valence-corrected chi connectivity index (χ2v) is 6.26. The number of likely N-dealkylation sites (N-methyl/N-ethyl adjacent to an activating group) is 1. The summed E-state index contributed by atoms with van der Waals surface area (Å²) < 4.78 is 10.4. The number of nitrogens with one attached hydrogen (secondary N) is 1. The van der Waals surface area contributed by atoms with Gasteiger partial charge >= 0.3 is 0 Å². The molecule has 3 aromatic rings. The lowest BCUT2D eigenvalue weighted by molar-refractivity contribution is -0.121. The van der Waals surface area contributed by atoms with Gasteiger partial charge in [-0.1, -0.05) is 17.3 Å². The van der Waals surface area contributed by atoms with Crippen molar-refractivity contribution in [1.82, 2.24) is 15.5 Å². The maximum Gasteiger partial charge on any atom is 0.238 e. The average molecular weight is 368 g/mol. The first-order valence-electron chi connectivity index (χ1n) is 9.10. The van der Waals surface area contributed by atoms with Gasteiger partial charge in [0.25, 0.3) is 0 Å². The molecule has 7 heteroatoms. The summed E-state index contributed by atoms with van der Waals surface area (Å²) in [5, 5.41) is 6.80. The lowest BCUT2D eigenvalue weighted by Gasteiger charge is -2.23. The molecule has 0 aliphatic heterocycles. The summed E-state index contributed by atoms with van der Waals surface area (Å²) in [6.45, 7) is 6.41. The Bertz CT molecular complexity index is 858. The molecule has 142 valence electrons. The van der Waals surface area contributed by atoms with Crippen LogP contribution in [0.4, 0.5) is 5.69 Å². The van der Waals surface area contributed by atoms with Gasteiger partial charge in [0, 0.05) is 38.2 Å². The molecular formula is C20H24N4O3. The van der Waals surface area contributed by atoms with Crippen LogP contribution in [-0.4, -0.2) is 35.7 Å². The Labute approximate surface area is 158 Å². The maximum absolute atomic E-state index is 12.1. The minimum absolute atomic E-state index is 0.0342. The molecular weight excluding hydrogens is 344 g/mol. The highest BCUT2D eigenvalue weighted by Crippen LogP contribution is 2.16.